The van der Waals surface area contributed by atoms with Gasteiger partial charge in [-0.15, -0.1) is 0 Å². The molecule has 6 aromatic carbocycles. The minimum absolute atomic E-state index is 0.0545. The minimum atomic E-state index is -1.39. The molecular formula is C54H56O10. The van der Waals surface area contributed by atoms with Crippen molar-refractivity contribution in [2.75, 3.05) is 26.4 Å². The van der Waals surface area contributed by atoms with E-state index in [0.29, 0.717) is 39.6 Å². The molecule has 9 rings (SSSR count). The molecule has 2 spiro atoms. The van der Waals surface area contributed by atoms with Crippen molar-refractivity contribution in [3.05, 3.63) is 215 Å². The van der Waals surface area contributed by atoms with Crippen molar-refractivity contribution in [1.82, 2.24) is 0 Å². The first-order chi connectivity index (χ1) is 31.6. The van der Waals surface area contributed by atoms with Crippen LogP contribution in [0.25, 0.3) is 0 Å². The summed E-state index contributed by atoms with van der Waals surface area (Å²) in [5.41, 5.74) is 6.16. The summed E-state index contributed by atoms with van der Waals surface area (Å²) in [5.74, 6) is -2.78. The average molecular weight is 865 g/mol. The van der Waals surface area contributed by atoms with Gasteiger partial charge in [0.15, 0.2) is 0 Å². The van der Waals surface area contributed by atoms with Crippen LogP contribution in [-0.2, 0) is 87.0 Å². The van der Waals surface area contributed by atoms with Gasteiger partial charge in [-0.25, -0.2) is 0 Å². The highest BCUT2D eigenvalue weighted by atomic mass is 16.8. The quantitative estimate of drug-likeness (QED) is 0.0741. The Hall–Kier alpha value is -5.08. The van der Waals surface area contributed by atoms with Crippen molar-refractivity contribution in [2.24, 2.45) is 0 Å². The van der Waals surface area contributed by atoms with Gasteiger partial charge < -0.3 is 47.4 Å². The zero-order valence-electron chi connectivity index (χ0n) is 35.9. The molecule has 0 amide bonds. The normalized spacial score (nSPS) is 26.4. The van der Waals surface area contributed by atoms with Crippen LogP contribution in [0.2, 0.25) is 0 Å². The molecule has 6 aromatic rings. The van der Waals surface area contributed by atoms with Gasteiger partial charge in [-0.05, 0) is 33.4 Å². The van der Waals surface area contributed by atoms with Gasteiger partial charge in [0.1, 0.15) is 49.8 Å². The van der Waals surface area contributed by atoms with Crippen molar-refractivity contribution in [3.8, 4) is 0 Å². The molecular weight excluding hydrogens is 809 g/mol. The third kappa shape index (κ3) is 11.0. The number of benzene rings is 6. The van der Waals surface area contributed by atoms with E-state index in [1.165, 1.54) is 0 Å². The zero-order valence-corrected chi connectivity index (χ0v) is 35.9. The highest BCUT2D eigenvalue weighted by molar-refractivity contribution is 5.19. The Balaban J connectivity index is 1.00. The molecule has 64 heavy (non-hydrogen) atoms. The predicted octanol–water partition coefficient (Wildman–Crippen LogP) is 9.00. The van der Waals surface area contributed by atoms with Crippen molar-refractivity contribution < 1.29 is 47.4 Å². The maximum absolute atomic E-state index is 7.05. The number of ether oxygens (including phenoxy) is 10. The topological polar surface area (TPSA) is 92.3 Å². The lowest BCUT2D eigenvalue weighted by Gasteiger charge is -2.46. The number of hydrogen-bond donors (Lipinski definition) is 0. The summed E-state index contributed by atoms with van der Waals surface area (Å²) in [4.78, 5) is 0. The van der Waals surface area contributed by atoms with Crippen molar-refractivity contribution >= 4 is 0 Å². The second-order valence-electron chi connectivity index (χ2n) is 16.5. The molecule has 0 aromatic heterocycles. The predicted molar refractivity (Wildman–Crippen MR) is 239 cm³/mol. The second-order valence-corrected chi connectivity index (χ2v) is 16.5. The van der Waals surface area contributed by atoms with E-state index in [4.69, 9.17) is 47.4 Å². The van der Waals surface area contributed by atoms with Gasteiger partial charge in [0.05, 0.1) is 52.9 Å². The molecule has 0 saturated carbocycles. The van der Waals surface area contributed by atoms with Crippen LogP contribution in [-0.4, -0.2) is 74.6 Å². The molecule has 0 bridgehead atoms. The number of hydrogen-bond acceptors (Lipinski definition) is 10. The van der Waals surface area contributed by atoms with E-state index >= 15 is 0 Å². The summed E-state index contributed by atoms with van der Waals surface area (Å²) in [7, 11) is 0. The monoisotopic (exact) mass is 864 g/mol. The molecule has 3 fully saturated rings. The highest BCUT2D eigenvalue weighted by Crippen LogP contribution is 2.47. The number of rotatable bonds is 20. The molecule has 10 heteroatoms. The van der Waals surface area contributed by atoms with E-state index < -0.39 is 48.2 Å². The van der Waals surface area contributed by atoms with Crippen LogP contribution in [0.1, 0.15) is 33.4 Å². The Morgan fingerprint density at radius 3 is 0.891 bits per heavy atom. The van der Waals surface area contributed by atoms with Crippen LogP contribution >= 0.6 is 0 Å². The molecule has 3 aliphatic heterocycles. The molecule has 3 aliphatic rings. The van der Waals surface area contributed by atoms with Gasteiger partial charge >= 0.3 is 0 Å². The maximum atomic E-state index is 7.05. The lowest BCUT2D eigenvalue weighted by atomic mass is 10.0. The van der Waals surface area contributed by atoms with Gasteiger partial charge in [-0.1, -0.05) is 182 Å². The smallest absolute Gasteiger partial charge is 0.222 e. The average Bonchev–Trinajstić information content (AvgIpc) is 3.80. The van der Waals surface area contributed by atoms with E-state index in [2.05, 4.69) is 0 Å². The molecule has 332 valence electrons. The van der Waals surface area contributed by atoms with Crippen molar-refractivity contribution in [1.29, 1.82) is 0 Å². The van der Waals surface area contributed by atoms with Gasteiger partial charge in [0.2, 0.25) is 11.6 Å². The Morgan fingerprint density at radius 1 is 0.344 bits per heavy atom. The van der Waals surface area contributed by atoms with Crippen LogP contribution in [0.5, 0.6) is 0 Å². The molecule has 10 nitrogen and oxygen atoms in total. The van der Waals surface area contributed by atoms with Gasteiger partial charge in [0.25, 0.3) is 0 Å². The van der Waals surface area contributed by atoms with Crippen LogP contribution in [0, 0.1) is 0 Å². The van der Waals surface area contributed by atoms with E-state index in [1.54, 1.807) is 0 Å². The zero-order chi connectivity index (χ0) is 43.3. The third-order valence-corrected chi connectivity index (χ3v) is 11.8. The minimum Gasteiger partial charge on any atom is -0.374 e. The molecule has 3 heterocycles. The fraction of sp³-hybridized carbons (Fsp3) is 0.333. The summed E-state index contributed by atoms with van der Waals surface area (Å²) in [6, 6.07) is 60.4. The Kier molecular flexibility index (Phi) is 15.0. The lowest BCUT2D eigenvalue weighted by Crippen LogP contribution is -2.63. The fourth-order valence-corrected chi connectivity index (χ4v) is 8.54. The Morgan fingerprint density at radius 2 is 0.609 bits per heavy atom. The lowest BCUT2D eigenvalue weighted by molar-refractivity contribution is -0.406. The molecule has 0 unspecified atom stereocenters. The van der Waals surface area contributed by atoms with Crippen LogP contribution in [0.4, 0.5) is 0 Å². The van der Waals surface area contributed by atoms with Crippen LogP contribution in [0.3, 0.4) is 0 Å². The Bertz CT molecular complexity index is 2080. The van der Waals surface area contributed by atoms with Crippen LogP contribution in [0.15, 0.2) is 182 Å². The largest absolute Gasteiger partial charge is 0.374 e. The first-order valence-corrected chi connectivity index (χ1v) is 22.1. The fourth-order valence-electron chi connectivity index (χ4n) is 8.54. The van der Waals surface area contributed by atoms with E-state index in [0.717, 1.165) is 33.4 Å². The summed E-state index contributed by atoms with van der Waals surface area (Å²) < 4.78 is 68.1. The first-order valence-electron chi connectivity index (χ1n) is 22.1. The third-order valence-electron chi connectivity index (χ3n) is 11.8. The molecule has 0 N–H and O–H groups in total. The Labute approximate surface area is 375 Å². The van der Waals surface area contributed by atoms with E-state index in [1.807, 2.05) is 182 Å². The summed E-state index contributed by atoms with van der Waals surface area (Å²) in [5, 5.41) is 0. The van der Waals surface area contributed by atoms with Crippen molar-refractivity contribution in [3.63, 3.8) is 0 Å². The van der Waals surface area contributed by atoms with Gasteiger partial charge in [-0.3, -0.25) is 0 Å². The SMILES string of the molecule is c1ccc(COC[C@H]2O[C@@]3(CO[C@]4(CO3)O[C@H](COCc3ccccc3)[C@@H](OCc3ccccc3)[C@@H]4OCc3ccccc3)[C@@H](OCc3ccccc3)[C@@H]2OCc2ccccc2)cc1. The molecule has 0 aliphatic carbocycles. The van der Waals surface area contributed by atoms with Gasteiger partial charge in [0, 0.05) is 0 Å². The summed E-state index contributed by atoms with van der Waals surface area (Å²) in [6.07, 6.45) is -3.76. The molecule has 8 atom stereocenters. The van der Waals surface area contributed by atoms with E-state index in [-0.39, 0.29) is 26.4 Å². The second kappa shape index (κ2) is 21.7. The maximum Gasteiger partial charge on any atom is 0.222 e. The van der Waals surface area contributed by atoms with Gasteiger partial charge in [-0.2, -0.15) is 0 Å². The first kappa shape index (κ1) is 44.1. The summed E-state index contributed by atoms with van der Waals surface area (Å²) in [6.45, 7) is 2.41. The van der Waals surface area contributed by atoms with Crippen LogP contribution < -0.4 is 0 Å². The standard InChI is InChI=1S/C54H56O10/c1-7-19-41(20-8-1)31-55-37-47-49(57-33-43-23-11-3-12-24-43)51(59-35-45-27-15-5-16-28-45)53(63-47)39-62-54(40-61-53)52(60-36-46-29-17-6-18-30-46)50(58-34-44-25-13-4-14-26-44)48(64-54)38-56-32-42-21-9-2-10-22-42/h1-30,47-52H,31-40H2/t47-,48-,49-,50-,51+,52+,53-,54+/m1/s1. The highest BCUT2D eigenvalue weighted by Gasteiger charge is 2.67. The van der Waals surface area contributed by atoms with Crippen molar-refractivity contribution in [2.45, 2.75) is 87.8 Å². The summed E-state index contributed by atoms with van der Waals surface area (Å²) >= 11 is 0. The molecule has 3 saturated heterocycles. The molecule has 0 radical (unpaired) electrons. The van der Waals surface area contributed by atoms with E-state index in [9.17, 15) is 0 Å².